The van der Waals surface area contributed by atoms with Crippen molar-refractivity contribution in [2.75, 3.05) is 7.11 Å². The van der Waals surface area contributed by atoms with Gasteiger partial charge < -0.3 is 4.74 Å². The third kappa shape index (κ3) is 4.46. The largest absolute Gasteiger partial charge is 0.466 e. The van der Waals surface area contributed by atoms with Gasteiger partial charge >= 0.3 is 5.97 Å². The van der Waals surface area contributed by atoms with Gasteiger partial charge in [0.15, 0.2) is 0 Å². The molecule has 0 amide bonds. The molecular weight excluding hydrogens is 415 g/mol. The van der Waals surface area contributed by atoms with E-state index in [9.17, 15) is 4.79 Å². The van der Waals surface area contributed by atoms with Crippen LogP contribution in [0.5, 0.6) is 0 Å². The van der Waals surface area contributed by atoms with Gasteiger partial charge in [-0.3, -0.25) is 9.73 Å². The van der Waals surface area contributed by atoms with Gasteiger partial charge in [-0.15, -0.1) is 0 Å². The molecular formula is C27H23N2O2P. The van der Waals surface area contributed by atoms with Crippen LogP contribution in [0.1, 0.15) is 5.56 Å². The summed E-state index contributed by atoms with van der Waals surface area (Å²) in [5.74, 6) is -0.414. The van der Waals surface area contributed by atoms with Crippen LogP contribution < -0.4 is 15.9 Å². The lowest BCUT2D eigenvalue weighted by Gasteiger charge is -2.27. The highest BCUT2D eigenvalue weighted by molar-refractivity contribution is 7.87. The molecule has 0 unspecified atom stereocenters. The van der Waals surface area contributed by atoms with Crippen molar-refractivity contribution in [1.29, 1.82) is 0 Å². The second-order valence-corrected chi connectivity index (χ2v) is 10.1. The molecule has 0 aliphatic heterocycles. The highest BCUT2D eigenvalue weighted by Crippen LogP contribution is 2.49. The van der Waals surface area contributed by atoms with E-state index in [1.807, 2.05) is 60.7 Å². The van der Waals surface area contributed by atoms with Gasteiger partial charge in [0.05, 0.1) is 26.0 Å². The van der Waals surface area contributed by atoms with Crippen molar-refractivity contribution in [3.8, 4) is 0 Å². The minimum Gasteiger partial charge on any atom is -0.466 e. The molecule has 4 nitrogen and oxygen atoms in total. The number of nitrogens with zero attached hydrogens (tertiary/aromatic N) is 2. The van der Waals surface area contributed by atoms with Gasteiger partial charge in [0.2, 0.25) is 0 Å². The number of methoxy groups -OCH3 is 1. The van der Waals surface area contributed by atoms with Crippen molar-refractivity contribution in [3.63, 3.8) is 0 Å². The van der Waals surface area contributed by atoms with Gasteiger partial charge in [0, 0.05) is 33.7 Å². The van der Waals surface area contributed by atoms with E-state index in [1.54, 1.807) is 18.5 Å². The Labute approximate surface area is 188 Å². The number of ether oxygens (including phenoxy) is 1. The lowest BCUT2D eigenvalue weighted by Crippen LogP contribution is -2.25. The maximum absolute atomic E-state index is 11.7. The molecule has 3 aromatic carbocycles. The van der Waals surface area contributed by atoms with Gasteiger partial charge in [-0.25, -0.2) is 4.79 Å². The number of esters is 1. The summed E-state index contributed by atoms with van der Waals surface area (Å²) in [4.78, 5) is 16.0. The number of benzene rings is 3. The Hall–Kier alpha value is -3.75. The van der Waals surface area contributed by atoms with E-state index in [4.69, 9.17) is 9.48 Å². The first-order chi connectivity index (χ1) is 15.7. The highest BCUT2D eigenvalue weighted by atomic mass is 31.2. The summed E-state index contributed by atoms with van der Waals surface area (Å²) >= 11 is 0. The number of aromatic nitrogens is 1. The number of carbonyl (C=O) groups is 1. The summed E-state index contributed by atoms with van der Waals surface area (Å²) in [5, 5.41) is 3.43. The van der Waals surface area contributed by atoms with E-state index in [2.05, 4.69) is 41.4 Å². The number of hydrogen-bond donors (Lipinski definition) is 0. The fourth-order valence-corrected chi connectivity index (χ4v) is 7.10. The molecule has 0 N–H and O–H groups in total. The van der Waals surface area contributed by atoms with Gasteiger partial charge in [-0.2, -0.15) is 0 Å². The number of rotatable bonds is 6. The maximum Gasteiger partial charge on any atom is 0.330 e. The monoisotopic (exact) mass is 438 g/mol. The SMILES string of the molecule is COC(=O)C=Cc1ccncc1N=P(c1ccccc1)(c1ccccc1)c1ccccc1. The van der Waals surface area contributed by atoms with E-state index in [0.717, 1.165) is 27.2 Å². The topological polar surface area (TPSA) is 51.5 Å². The summed E-state index contributed by atoms with van der Waals surface area (Å²) < 4.78 is 10.2. The molecule has 0 aliphatic rings. The average molecular weight is 438 g/mol. The number of pyridine rings is 1. The molecule has 0 fully saturated rings. The molecule has 0 bridgehead atoms. The standard InChI is InChI=1S/C27H23N2O2P/c1-31-27(30)18-17-22-19-20-28-21-26(22)29-32(23-11-5-2-6-12-23,24-13-7-3-8-14-24)25-15-9-4-10-16-25/h2-21H,1H3. The molecule has 4 aromatic rings. The van der Waals surface area contributed by atoms with Crippen LogP contribution in [0.4, 0.5) is 5.69 Å². The molecule has 0 atom stereocenters. The summed E-state index contributed by atoms with van der Waals surface area (Å²) in [6.07, 6.45) is 6.58. The lowest BCUT2D eigenvalue weighted by molar-refractivity contribution is -0.134. The van der Waals surface area contributed by atoms with Crippen molar-refractivity contribution in [3.05, 3.63) is 121 Å². The van der Waals surface area contributed by atoms with E-state index < -0.39 is 13.0 Å². The van der Waals surface area contributed by atoms with Crippen LogP contribution in [0.3, 0.4) is 0 Å². The lowest BCUT2D eigenvalue weighted by atomic mass is 10.2. The molecule has 0 saturated carbocycles. The van der Waals surface area contributed by atoms with Crippen LogP contribution in [-0.4, -0.2) is 18.1 Å². The van der Waals surface area contributed by atoms with Crippen LogP contribution in [-0.2, 0) is 9.53 Å². The van der Waals surface area contributed by atoms with E-state index >= 15 is 0 Å². The Bertz CT molecular complexity index is 1170. The quantitative estimate of drug-likeness (QED) is 0.240. The van der Waals surface area contributed by atoms with Crippen LogP contribution >= 0.6 is 7.05 Å². The first-order valence-electron chi connectivity index (χ1n) is 10.2. The molecule has 1 heterocycles. The van der Waals surface area contributed by atoms with Crippen molar-refractivity contribution < 1.29 is 9.53 Å². The fraction of sp³-hybridized carbons (Fsp3) is 0.0370. The third-order valence-corrected chi connectivity index (χ3v) is 8.73. The Balaban J connectivity index is 2.07. The molecule has 0 saturated heterocycles. The second kappa shape index (κ2) is 10.0. The van der Waals surface area contributed by atoms with Crippen molar-refractivity contribution in [2.45, 2.75) is 0 Å². The van der Waals surface area contributed by atoms with E-state index in [0.29, 0.717) is 0 Å². The Morgan fingerprint density at radius 3 is 1.78 bits per heavy atom. The zero-order valence-electron chi connectivity index (χ0n) is 17.7. The molecule has 32 heavy (non-hydrogen) atoms. The molecule has 1 aromatic heterocycles. The van der Waals surface area contributed by atoms with Crippen LogP contribution in [0.15, 0.2) is 120 Å². The summed E-state index contributed by atoms with van der Waals surface area (Å²) in [6, 6.07) is 33.0. The molecule has 158 valence electrons. The third-order valence-electron chi connectivity index (χ3n) is 5.08. The first-order valence-corrected chi connectivity index (χ1v) is 12.0. The van der Waals surface area contributed by atoms with Gasteiger partial charge in [-0.05, 0) is 12.1 Å². The minimum atomic E-state index is -2.42. The normalized spacial score (nSPS) is 11.3. The zero-order valence-corrected chi connectivity index (χ0v) is 18.6. The molecule has 0 spiro atoms. The van der Waals surface area contributed by atoms with Crippen molar-refractivity contribution in [1.82, 2.24) is 4.98 Å². The maximum atomic E-state index is 11.7. The van der Waals surface area contributed by atoms with Gasteiger partial charge in [0.1, 0.15) is 0 Å². The van der Waals surface area contributed by atoms with Crippen LogP contribution in [0.25, 0.3) is 6.08 Å². The Morgan fingerprint density at radius 1 is 0.812 bits per heavy atom. The predicted molar refractivity (Wildman–Crippen MR) is 133 cm³/mol. The molecule has 0 radical (unpaired) electrons. The van der Waals surface area contributed by atoms with Gasteiger partial charge in [-0.1, -0.05) is 91.0 Å². The second-order valence-electron chi connectivity index (χ2n) is 7.03. The summed E-state index contributed by atoms with van der Waals surface area (Å²) in [7, 11) is -1.06. The van der Waals surface area contributed by atoms with E-state index in [1.165, 1.54) is 13.2 Å². The number of hydrogen-bond acceptors (Lipinski definition) is 4. The first kappa shape index (κ1) is 21.5. The summed E-state index contributed by atoms with van der Waals surface area (Å²) in [5.41, 5.74) is 1.52. The zero-order chi connectivity index (χ0) is 22.2. The van der Waals surface area contributed by atoms with Gasteiger partial charge in [0.25, 0.3) is 0 Å². The minimum absolute atomic E-state index is 0.414. The Morgan fingerprint density at radius 2 is 1.31 bits per heavy atom. The Kier molecular flexibility index (Phi) is 6.74. The van der Waals surface area contributed by atoms with Crippen molar-refractivity contribution >= 4 is 40.7 Å². The van der Waals surface area contributed by atoms with Crippen LogP contribution in [0, 0.1) is 0 Å². The predicted octanol–water partition coefficient (Wildman–Crippen LogP) is 5.08. The molecule has 5 heteroatoms. The molecule has 4 rings (SSSR count). The fourth-order valence-electron chi connectivity index (χ4n) is 3.56. The van der Waals surface area contributed by atoms with E-state index in [-0.39, 0.29) is 0 Å². The summed E-state index contributed by atoms with van der Waals surface area (Å²) in [6.45, 7) is 0. The number of carbonyl (C=O) groups excluding carboxylic acids is 1. The molecule has 0 aliphatic carbocycles. The average Bonchev–Trinajstić information content (AvgIpc) is 2.88. The highest BCUT2D eigenvalue weighted by Gasteiger charge is 2.27. The smallest absolute Gasteiger partial charge is 0.330 e. The van der Waals surface area contributed by atoms with Crippen LogP contribution in [0.2, 0.25) is 0 Å². The van der Waals surface area contributed by atoms with Crippen molar-refractivity contribution in [2.24, 2.45) is 4.74 Å².